The lowest BCUT2D eigenvalue weighted by Gasteiger charge is -2.17. The monoisotopic (exact) mass is 354 g/mol. The van der Waals surface area contributed by atoms with Gasteiger partial charge in [0.1, 0.15) is 24.6 Å². The number of hydrogen-bond acceptors (Lipinski definition) is 9. The summed E-state index contributed by atoms with van der Waals surface area (Å²) in [4.78, 5) is 37.0. The zero-order chi connectivity index (χ0) is 17.4. The molecule has 0 aromatic carbocycles. The summed E-state index contributed by atoms with van der Waals surface area (Å²) in [6, 6.07) is 0. The van der Waals surface area contributed by atoms with E-state index in [2.05, 4.69) is 9.51 Å². The minimum absolute atomic E-state index is 0.252. The third-order valence-electron chi connectivity index (χ3n) is 2.95. The van der Waals surface area contributed by atoms with E-state index in [1.54, 1.807) is 0 Å². The Morgan fingerprint density at radius 3 is 2.61 bits per heavy atom. The fourth-order valence-electron chi connectivity index (χ4n) is 1.84. The first-order valence-electron chi connectivity index (χ1n) is 6.11. The maximum Gasteiger partial charge on any atom is 0.469 e. The Kier molecular flexibility index (Phi) is 4.91. The summed E-state index contributed by atoms with van der Waals surface area (Å²) in [6.07, 6.45) is -4.82. The fourth-order valence-corrected chi connectivity index (χ4v) is 2.18. The highest BCUT2D eigenvalue weighted by molar-refractivity contribution is 7.46. The van der Waals surface area contributed by atoms with Gasteiger partial charge in [-0.1, -0.05) is 0 Å². The number of carbonyl (C=O) groups is 1. The number of phosphoric acid groups is 1. The van der Waals surface area contributed by atoms with Gasteiger partial charge in [0, 0.05) is 0 Å². The molecule has 13 nitrogen and oxygen atoms in total. The molecule has 0 spiro atoms. The standard InChI is InChI=1S/C9H15N4O9P/c10-7-4(8(11)16)12-2-13(7)22-9-6(15)5(14)3(21-9)1-20-23(17,18)19/h2-3,5-6,9,14-15H,1,10H2,(H2,11,16)(H2,17,18,19)/t3-,5-,6-,9+/m1/s1. The van der Waals surface area contributed by atoms with E-state index in [9.17, 15) is 19.6 Å². The first-order chi connectivity index (χ1) is 10.6. The number of nitrogens with zero attached hydrogens (tertiary/aromatic N) is 2. The second-order valence-electron chi connectivity index (χ2n) is 4.58. The smallest absolute Gasteiger partial charge is 0.387 e. The average Bonchev–Trinajstić information content (AvgIpc) is 2.92. The molecule has 0 unspecified atom stereocenters. The van der Waals surface area contributed by atoms with E-state index in [4.69, 9.17) is 30.8 Å². The number of imidazole rings is 1. The van der Waals surface area contributed by atoms with Crippen LogP contribution in [0.15, 0.2) is 6.33 Å². The number of nitrogen functional groups attached to an aromatic ring is 1. The first-order valence-corrected chi connectivity index (χ1v) is 7.64. The van der Waals surface area contributed by atoms with E-state index in [1.165, 1.54) is 0 Å². The Balaban J connectivity index is 2.04. The van der Waals surface area contributed by atoms with Gasteiger partial charge in [0.05, 0.1) is 6.61 Å². The molecule has 0 saturated carbocycles. The van der Waals surface area contributed by atoms with Crippen LogP contribution in [0.3, 0.4) is 0 Å². The summed E-state index contributed by atoms with van der Waals surface area (Å²) in [5.41, 5.74) is 10.3. The van der Waals surface area contributed by atoms with Crippen molar-refractivity contribution in [2.24, 2.45) is 5.73 Å². The molecule has 0 bridgehead atoms. The molecule has 23 heavy (non-hydrogen) atoms. The second kappa shape index (κ2) is 6.41. The van der Waals surface area contributed by atoms with Gasteiger partial charge in [-0.3, -0.25) is 9.32 Å². The van der Waals surface area contributed by atoms with Crippen LogP contribution in [-0.4, -0.2) is 66.8 Å². The average molecular weight is 354 g/mol. The van der Waals surface area contributed by atoms with Crippen molar-refractivity contribution in [3.63, 3.8) is 0 Å². The zero-order valence-electron chi connectivity index (χ0n) is 11.4. The number of amides is 1. The van der Waals surface area contributed by atoms with E-state index >= 15 is 0 Å². The highest BCUT2D eigenvalue weighted by atomic mass is 31.2. The van der Waals surface area contributed by atoms with E-state index in [0.717, 1.165) is 11.1 Å². The molecule has 1 saturated heterocycles. The number of hydrogen-bond donors (Lipinski definition) is 6. The molecule has 0 radical (unpaired) electrons. The maximum atomic E-state index is 11.0. The molecule has 2 heterocycles. The van der Waals surface area contributed by atoms with Crippen molar-refractivity contribution in [2.45, 2.75) is 24.6 Å². The Bertz CT molecular complexity index is 631. The van der Waals surface area contributed by atoms with Gasteiger partial charge in [-0.25, -0.2) is 9.55 Å². The van der Waals surface area contributed by atoms with Gasteiger partial charge in [-0.15, -0.1) is 0 Å². The van der Waals surface area contributed by atoms with Crippen LogP contribution < -0.4 is 16.3 Å². The number of carbonyl (C=O) groups excluding carboxylic acids is 1. The normalized spacial score (nSPS) is 28.0. The van der Waals surface area contributed by atoms with Crippen molar-refractivity contribution in [2.75, 3.05) is 12.3 Å². The summed E-state index contributed by atoms with van der Waals surface area (Å²) in [5, 5.41) is 19.6. The molecule has 130 valence electrons. The zero-order valence-corrected chi connectivity index (χ0v) is 12.3. The van der Waals surface area contributed by atoms with Crippen LogP contribution in [0.25, 0.3) is 0 Å². The van der Waals surface area contributed by atoms with E-state index in [0.29, 0.717) is 0 Å². The molecular formula is C9H15N4O9P. The van der Waals surface area contributed by atoms with E-state index < -0.39 is 44.9 Å². The van der Waals surface area contributed by atoms with Crippen LogP contribution in [0, 0.1) is 0 Å². The summed E-state index contributed by atoms with van der Waals surface area (Å²) < 4.78 is 20.7. The molecule has 1 aromatic heterocycles. The Morgan fingerprint density at radius 1 is 1.43 bits per heavy atom. The molecule has 8 N–H and O–H groups in total. The highest BCUT2D eigenvalue weighted by Crippen LogP contribution is 2.37. The maximum absolute atomic E-state index is 11.0. The van der Waals surface area contributed by atoms with E-state index in [1.807, 2.05) is 0 Å². The first kappa shape index (κ1) is 17.6. The Labute approximate surface area is 128 Å². The third-order valence-corrected chi connectivity index (χ3v) is 3.43. The number of ether oxygens (including phenoxy) is 1. The van der Waals surface area contributed by atoms with Crippen LogP contribution >= 0.6 is 7.82 Å². The molecule has 2 rings (SSSR count). The number of aromatic nitrogens is 2. The van der Waals surface area contributed by atoms with E-state index in [-0.39, 0.29) is 11.5 Å². The van der Waals surface area contributed by atoms with Gasteiger partial charge in [0.2, 0.25) is 0 Å². The van der Waals surface area contributed by atoms with Gasteiger partial charge < -0.3 is 41.0 Å². The topological polar surface area (TPSA) is 213 Å². The van der Waals surface area contributed by atoms with Crippen LogP contribution in [0.4, 0.5) is 5.82 Å². The summed E-state index contributed by atoms with van der Waals surface area (Å²) in [6.45, 7) is -0.686. The largest absolute Gasteiger partial charge is 0.469 e. The van der Waals surface area contributed by atoms with Gasteiger partial charge in [0.15, 0.2) is 11.5 Å². The fraction of sp³-hybridized carbons (Fsp3) is 0.556. The second-order valence-corrected chi connectivity index (χ2v) is 5.82. The van der Waals surface area contributed by atoms with Crippen LogP contribution in [-0.2, 0) is 13.8 Å². The lowest BCUT2D eigenvalue weighted by Crippen LogP contribution is -2.38. The molecule has 0 aliphatic carbocycles. The number of nitrogens with two attached hydrogens (primary N) is 2. The van der Waals surface area contributed by atoms with Crippen molar-refractivity contribution in [3.05, 3.63) is 12.0 Å². The number of aliphatic hydroxyl groups is 2. The van der Waals surface area contributed by atoms with Crippen LogP contribution in [0.2, 0.25) is 0 Å². The number of anilines is 1. The molecule has 1 aromatic rings. The number of phosphoric ester groups is 1. The van der Waals surface area contributed by atoms with Crippen LogP contribution in [0.1, 0.15) is 10.5 Å². The third kappa shape index (κ3) is 3.97. The lowest BCUT2D eigenvalue weighted by atomic mass is 10.1. The van der Waals surface area contributed by atoms with Crippen molar-refractivity contribution in [1.82, 2.24) is 9.71 Å². The lowest BCUT2D eigenvalue weighted by molar-refractivity contribution is -0.169. The minimum atomic E-state index is -4.77. The Morgan fingerprint density at radius 2 is 2.09 bits per heavy atom. The molecule has 1 fully saturated rings. The molecule has 1 aliphatic heterocycles. The quantitative estimate of drug-likeness (QED) is 0.276. The van der Waals surface area contributed by atoms with Crippen LogP contribution in [0.5, 0.6) is 0 Å². The molecule has 1 aliphatic rings. The van der Waals surface area contributed by atoms with Crippen molar-refractivity contribution >= 4 is 19.5 Å². The Hall–Kier alpha value is -1.73. The number of primary amides is 1. The van der Waals surface area contributed by atoms with Gasteiger partial charge >= 0.3 is 7.82 Å². The summed E-state index contributed by atoms with van der Waals surface area (Å²) in [5.74, 6) is -1.15. The molecule has 4 atom stereocenters. The summed E-state index contributed by atoms with van der Waals surface area (Å²) >= 11 is 0. The number of rotatable bonds is 6. The van der Waals surface area contributed by atoms with Gasteiger partial charge in [-0.05, 0) is 0 Å². The van der Waals surface area contributed by atoms with Crippen molar-refractivity contribution in [3.8, 4) is 0 Å². The van der Waals surface area contributed by atoms with Gasteiger partial charge in [0.25, 0.3) is 12.2 Å². The molecule has 14 heteroatoms. The molecular weight excluding hydrogens is 339 g/mol. The number of aliphatic hydroxyl groups excluding tert-OH is 2. The highest BCUT2D eigenvalue weighted by Gasteiger charge is 2.45. The predicted octanol–water partition coefficient (Wildman–Crippen LogP) is -3.45. The van der Waals surface area contributed by atoms with Crippen molar-refractivity contribution < 1.29 is 43.5 Å². The van der Waals surface area contributed by atoms with Crippen molar-refractivity contribution in [1.29, 1.82) is 0 Å². The summed E-state index contributed by atoms with van der Waals surface area (Å²) in [7, 11) is -4.77. The van der Waals surface area contributed by atoms with Gasteiger partial charge in [-0.2, -0.15) is 4.73 Å². The SMILES string of the molecule is NC(=O)c1ncn(O[C@@H]2O[C@H](COP(=O)(O)O)[C@@H](O)[C@H]2O)c1N. The predicted molar refractivity (Wildman–Crippen MR) is 70.4 cm³/mol. The minimum Gasteiger partial charge on any atom is -0.387 e. The molecule has 1 amide bonds.